The van der Waals surface area contributed by atoms with Crippen molar-refractivity contribution < 1.29 is 12.8 Å². The van der Waals surface area contributed by atoms with Crippen molar-refractivity contribution in [1.29, 1.82) is 0 Å². The first kappa shape index (κ1) is 13.9. The van der Waals surface area contributed by atoms with Gasteiger partial charge in [0.2, 0.25) is 10.0 Å². The second-order valence-electron chi connectivity index (χ2n) is 3.90. The first-order chi connectivity index (χ1) is 7.90. The van der Waals surface area contributed by atoms with Gasteiger partial charge in [0.15, 0.2) is 0 Å². The van der Waals surface area contributed by atoms with Gasteiger partial charge in [0.05, 0.1) is 10.9 Å². The average molecular weight is 260 g/mol. The van der Waals surface area contributed by atoms with E-state index in [0.29, 0.717) is 6.42 Å². The van der Waals surface area contributed by atoms with Crippen LogP contribution in [0, 0.1) is 12.7 Å². The number of halogens is 1. The molecule has 0 heterocycles. The van der Waals surface area contributed by atoms with E-state index in [4.69, 9.17) is 5.73 Å². The number of nitrogens with two attached hydrogens (primary N) is 1. The Hall–Kier alpha value is -1.14. The SMILES string of the molecule is CCC(CN)S(=O)(=O)Nc1ccc(C)cc1F. The van der Waals surface area contributed by atoms with Crippen LogP contribution in [0.5, 0.6) is 0 Å². The first-order valence-electron chi connectivity index (χ1n) is 5.38. The summed E-state index contributed by atoms with van der Waals surface area (Å²) in [6.07, 6.45) is 0.388. The minimum absolute atomic E-state index is 0.0132. The highest BCUT2D eigenvalue weighted by atomic mass is 32.2. The Bertz CT molecular complexity index is 484. The van der Waals surface area contributed by atoms with Crippen LogP contribution in [0.1, 0.15) is 18.9 Å². The summed E-state index contributed by atoms with van der Waals surface area (Å²) in [5, 5.41) is -0.705. The third-order valence-electron chi connectivity index (χ3n) is 2.53. The van der Waals surface area contributed by atoms with Gasteiger partial charge in [0.1, 0.15) is 5.82 Å². The molecule has 0 aliphatic rings. The monoisotopic (exact) mass is 260 g/mol. The number of sulfonamides is 1. The molecule has 0 aliphatic carbocycles. The zero-order valence-electron chi connectivity index (χ0n) is 9.90. The van der Waals surface area contributed by atoms with E-state index in [0.717, 1.165) is 5.56 Å². The molecule has 3 N–H and O–H groups in total. The summed E-state index contributed by atoms with van der Waals surface area (Å²) in [6.45, 7) is 3.47. The number of nitrogens with one attached hydrogen (secondary N) is 1. The van der Waals surface area contributed by atoms with Crippen LogP contribution in [0.4, 0.5) is 10.1 Å². The van der Waals surface area contributed by atoms with Gasteiger partial charge in [-0.2, -0.15) is 0 Å². The summed E-state index contributed by atoms with van der Waals surface area (Å²) in [7, 11) is -3.63. The van der Waals surface area contributed by atoms with E-state index in [2.05, 4.69) is 4.72 Å². The molecule has 4 nitrogen and oxygen atoms in total. The Labute approximate surface area is 101 Å². The molecule has 17 heavy (non-hydrogen) atoms. The van der Waals surface area contributed by atoms with Crippen LogP contribution in [0.15, 0.2) is 18.2 Å². The molecule has 96 valence electrons. The maximum Gasteiger partial charge on any atom is 0.236 e. The fourth-order valence-corrected chi connectivity index (χ4v) is 2.78. The molecular formula is C11H17FN2O2S. The molecule has 0 amide bonds. The minimum atomic E-state index is -3.63. The molecule has 0 saturated heterocycles. The van der Waals surface area contributed by atoms with Crippen molar-refractivity contribution in [3.63, 3.8) is 0 Å². The van der Waals surface area contributed by atoms with Crippen LogP contribution >= 0.6 is 0 Å². The molecule has 1 aromatic rings. The Morgan fingerprint density at radius 1 is 1.47 bits per heavy atom. The van der Waals surface area contributed by atoms with Gasteiger partial charge in [-0.15, -0.1) is 0 Å². The molecule has 0 spiro atoms. The molecule has 1 rings (SSSR count). The van der Waals surface area contributed by atoms with Gasteiger partial charge >= 0.3 is 0 Å². The molecule has 0 radical (unpaired) electrons. The van der Waals surface area contributed by atoms with Gasteiger partial charge < -0.3 is 5.73 Å². The summed E-state index contributed by atoms with van der Waals surface area (Å²) in [5.74, 6) is -0.583. The molecule has 0 aliphatic heterocycles. The van der Waals surface area contributed by atoms with Crippen molar-refractivity contribution in [2.45, 2.75) is 25.5 Å². The normalized spacial score (nSPS) is 13.4. The highest BCUT2D eigenvalue weighted by Crippen LogP contribution is 2.18. The van der Waals surface area contributed by atoms with E-state index < -0.39 is 21.1 Å². The van der Waals surface area contributed by atoms with Crippen LogP contribution in [0.2, 0.25) is 0 Å². The molecule has 0 aromatic heterocycles. The zero-order valence-corrected chi connectivity index (χ0v) is 10.7. The number of benzene rings is 1. The predicted octanol–water partition coefficient (Wildman–Crippen LogP) is 1.61. The van der Waals surface area contributed by atoms with E-state index in [9.17, 15) is 12.8 Å². The second-order valence-corrected chi connectivity index (χ2v) is 5.86. The molecule has 0 fully saturated rings. The van der Waals surface area contributed by atoms with E-state index >= 15 is 0 Å². The fourth-order valence-electron chi connectivity index (χ4n) is 1.45. The van der Waals surface area contributed by atoms with Crippen LogP contribution in [0.3, 0.4) is 0 Å². The Balaban J connectivity index is 2.98. The van der Waals surface area contributed by atoms with Gasteiger partial charge in [0, 0.05) is 6.54 Å². The van der Waals surface area contributed by atoms with E-state index in [-0.39, 0.29) is 12.2 Å². The molecule has 1 unspecified atom stereocenters. The molecule has 1 aromatic carbocycles. The third kappa shape index (κ3) is 3.41. The summed E-state index contributed by atoms with van der Waals surface area (Å²) in [5.41, 5.74) is 6.07. The van der Waals surface area contributed by atoms with E-state index in [1.54, 1.807) is 19.9 Å². The van der Waals surface area contributed by atoms with Crippen molar-refractivity contribution in [3.05, 3.63) is 29.6 Å². The Kier molecular flexibility index (Phi) is 4.47. The standard InChI is InChI=1S/C11H17FN2O2S/c1-3-9(7-13)17(15,16)14-11-5-4-8(2)6-10(11)12/h4-6,9,14H,3,7,13H2,1-2H3. The highest BCUT2D eigenvalue weighted by Gasteiger charge is 2.23. The summed E-state index contributed by atoms with van der Waals surface area (Å²) in [6, 6.07) is 4.33. The Morgan fingerprint density at radius 3 is 2.59 bits per heavy atom. The molecule has 0 bridgehead atoms. The van der Waals surface area contributed by atoms with Crippen LogP contribution in [-0.4, -0.2) is 20.2 Å². The molecular weight excluding hydrogens is 243 g/mol. The van der Waals surface area contributed by atoms with Crippen molar-refractivity contribution in [2.24, 2.45) is 5.73 Å². The van der Waals surface area contributed by atoms with Crippen molar-refractivity contribution in [3.8, 4) is 0 Å². The van der Waals surface area contributed by atoms with Crippen LogP contribution in [-0.2, 0) is 10.0 Å². The minimum Gasteiger partial charge on any atom is -0.329 e. The van der Waals surface area contributed by atoms with Gasteiger partial charge in [-0.05, 0) is 31.0 Å². The number of aryl methyl sites for hydroxylation is 1. The van der Waals surface area contributed by atoms with Crippen molar-refractivity contribution in [1.82, 2.24) is 0 Å². The zero-order chi connectivity index (χ0) is 13.1. The lowest BCUT2D eigenvalue weighted by atomic mass is 10.2. The molecule has 6 heteroatoms. The summed E-state index contributed by atoms with van der Waals surface area (Å²) < 4.78 is 39.4. The number of hydrogen-bond donors (Lipinski definition) is 2. The van der Waals surface area contributed by atoms with Gasteiger partial charge in [0.25, 0.3) is 0 Å². The third-order valence-corrected chi connectivity index (χ3v) is 4.44. The van der Waals surface area contributed by atoms with Crippen LogP contribution in [0.25, 0.3) is 0 Å². The summed E-state index contributed by atoms with van der Waals surface area (Å²) in [4.78, 5) is 0. The lowest BCUT2D eigenvalue weighted by Crippen LogP contribution is -2.33. The lowest BCUT2D eigenvalue weighted by molar-refractivity contribution is 0.579. The van der Waals surface area contributed by atoms with E-state index in [1.165, 1.54) is 12.1 Å². The second kappa shape index (κ2) is 5.46. The molecule has 0 saturated carbocycles. The fraction of sp³-hybridized carbons (Fsp3) is 0.455. The molecule has 1 atom stereocenters. The first-order valence-corrected chi connectivity index (χ1v) is 6.93. The van der Waals surface area contributed by atoms with Gasteiger partial charge in [-0.3, -0.25) is 4.72 Å². The van der Waals surface area contributed by atoms with Gasteiger partial charge in [-0.1, -0.05) is 13.0 Å². The van der Waals surface area contributed by atoms with Crippen molar-refractivity contribution in [2.75, 3.05) is 11.3 Å². The smallest absolute Gasteiger partial charge is 0.236 e. The highest BCUT2D eigenvalue weighted by molar-refractivity contribution is 7.93. The van der Waals surface area contributed by atoms with Crippen molar-refractivity contribution >= 4 is 15.7 Å². The number of anilines is 1. The maximum absolute atomic E-state index is 13.5. The summed E-state index contributed by atoms with van der Waals surface area (Å²) >= 11 is 0. The average Bonchev–Trinajstić information content (AvgIpc) is 2.23. The Morgan fingerprint density at radius 2 is 2.12 bits per heavy atom. The number of hydrogen-bond acceptors (Lipinski definition) is 3. The van der Waals surface area contributed by atoms with Crippen LogP contribution < -0.4 is 10.5 Å². The largest absolute Gasteiger partial charge is 0.329 e. The van der Waals surface area contributed by atoms with Gasteiger partial charge in [-0.25, -0.2) is 12.8 Å². The maximum atomic E-state index is 13.5. The predicted molar refractivity (Wildman–Crippen MR) is 66.8 cm³/mol. The lowest BCUT2D eigenvalue weighted by Gasteiger charge is -2.15. The number of rotatable bonds is 5. The quantitative estimate of drug-likeness (QED) is 0.845. The van der Waals surface area contributed by atoms with E-state index in [1.807, 2.05) is 0 Å². The topological polar surface area (TPSA) is 72.2 Å².